The molecule has 5 aromatic heterocycles. The summed E-state index contributed by atoms with van der Waals surface area (Å²) in [6.07, 6.45) is 9.33. The van der Waals surface area contributed by atoms with E-state index in [4.69, 9.17) is 14.4 Å². The fraction of sp³-hybridized carbons (Fsp3) is 0.415. The van der Waals surface area contributed by atoms with Gasteiger partial charge >= 0.3 is 11.4 Å². The minimum atomic E-state index is -1.17. The van der Waals surface area contributed by atoms with E-state index in [0.29, 0.717) is 77.5 Å². The van der Waals surface area contributed by atoms with Crippen molar-refractivity contribution in [1.29, 1.82) is 0 Å². The highest BCUT2D eigenvalue weighted by molar-refractivity contribution is 6.00. The van der Waals surface area contributed by atoms with Crippen LogP contribution in [0.25, 0.3) is 39.0 Å². The van der Waals surface area contributed by atoms with Gasteiger partial charge in [0.15, 0.2) is 11.6 Å². The molecule has 72 heavy (non-hydrogen) atoms. The van der Waals surface area contributed by atoms with E-state index in [1.807, 2.05) is 30.5 Å². The van der Waals surface area contributed by atoms with Gasteiger partial charge in [0.1, 0.15) is 28.4 Å². The summed E-state index contributed by atoms with van der Waals surface area (Å²) in [5.41, 5.74) is 1.87. The number of nitrogens with one attached hydrogen (secondary N) is 1. The summed E-state index contributed by atoms with van der Waals surface area (Å²) in [4.78, 5) is 63.7. The summed E-state index contributed by atoms with van der Waals surface area (Å²) in [7, 11) is 1.71. The maximum atomic E-state index is 16.4. The van der Waals surface area contributed by atoms with E-state index in [1.165, 1.54) is 33.8 Å². The lowest BCUT2D eigenvalue weighted by molar-refractivity contribution is -0.129. The smallest absolute Gasteiger partial charge is 0.376 e. The van der Waals surface area contributed by atoms with Crippen molar-refractivity contribution in [2.75, 3.05) is 19.7 Å². The van der Waals surface area contributed by atoms with Crippen molar-refractivity contribution >= 4 is 34.1 Å². The Balaban J connectivity index is 1.08. The number of benzene rings is 3. The van der Waals surface area contributed by atoms with Crippen LogP contribution in [-0.4, -0.2) is 90.8 Å². The third-order valence-electron chi connectivity index (χ3n) is 16.3. The van der Waals surface area contributed by atoms with Crippen LogP contribution in [0.2, 0.25) is 0 Å². The van der Waals surface area contributed by atoms with E-state index >= 15 is 18.4 Å². The average molecular weight is 980 g/mol. The molecule has 0 bridgehead atoms. The number of nitrogens with zero attached hydrogens (tertiary/aromatic N) is 10. The second-order valence-corrected chi connectivity index (χ2v) is 21.2. The van der Waals surface area contributed by atoms with Gasteiger partial charge in [-0.25, -0.2) is 23.1 Å². The molecule has 1 N–H and O–H groups in total. The lowest BCUT2D eigenvalue weighted by Crippen LogP contribution is -2.60. The first kappa shape index (κ1) is 45.7. The van der Waals surface area contributed by atoms with Crippen molar-refractivity contribution in [3.63, 3.8) is 0 Å². The first-order chi connectivity index (χ1) is 34.5. The highest BCUT2D eigenvalue weighted by Crippen LogP contribution is 2.57. The van der Waals surface area contributed by atoms with Crippen LogP contribution < -0.4 is 11.4 Å². The molecular weight excluding hydrogens is 925 g/mol. The van der Waals surface area contributed by atoms with E-state index < -0.39 is 34.4 Å². The lowest BCUT2D eigenvalue weighted by Gasteiger charge is -2.51. The molecule has 2 saturated heterocycles. The number of amides is 2. The van der Waals surface area contributed by atoms with E-state index in [9.17, 15) is 9.59 Å². The minimum Gasteiger partial charge on any atom is -0.376 e. The Bertz CT molecular complexity index is 3660. The van der Waals surface area contributed by atoms with Gasteiger partial charge in [-0.1, -0.05) is 18.1 Å². The van der Waals surface area contributed by atoms with Crippen LogP contribution in [0.4, 0.5) is 8.78 Å². The highest BCUT2D eigenvalue weighted by atomic mass is 19.1. The summed E-state index contributed by atoms with van der Waals surface area (Å²) in [6.45, 7) is 12.5. The fourth-order valence-corrected chi connectivity index (χ4v) is 12.5. The second-order valence-electron chi connectivity index (χ2n) is 21.2. The summed E-state index contributed by atoms with van der Waals surface area (Å²) in [6, 6.07) is 14.0. The van der Waals surface area contributed by atoms with Crippen molar-refractivity contribution in [1.82, 2.24) is 53.2 Å². The number of imidazole rings is 1. The van der Waals surface area contributed by atoms with Gasteiger partial charge in [-0.3, -0.25) is 32.9 Å². The number of H-pyrrole nitrogens is 1. The molecule has 17 nitrogen and oxygen atoms in total. The highest BCUT2D eigenvalue weighted by Gasteiger charge is 2.60. The van der Waals surface area contributed by atoms with E-state index in [0.717, 1.165) is 42.1 Å². The van der Waals surface area contributed by atoms with Crippen LogP contribution in [0.1, 0.15) is 122 Å². The number of aryl methyl sites for hydroxylation is 3. The van der Waals surface area contributed by atoms with Crippen LogP contribution in [0, 0.1) is 31.4 Å². The van der Waals surface area contributed by atoms with Gasteiger partial charge in [-0.2, -0.15) is 10.2 Å². The molecule has 19 heteroatoms. The molecule has 1 spiro atoms. The first-order valence-corrected chi connectivity index (χ1v) is 24.7. The zero-order chi connectivity index (χ0) is 50.3. The number of piperidine rings is 1. The van der Waals surface area contributed by atoms with Gasteiger partial charge in [0.05, 0.1) is 52.4 Å². The number of aromatic nitrogens is 9. The largest absolute Gasteiger partial charge is 0.438 e. The molecule has 8 heterocycles. The molecule has 3 fully saturated rings. The number of fused-ring (bicyclic) bond motifs is 4. The van der Waals surface area contributed by atoms with E-state index in [-0.39, 0.29) is 52.6 Å². The summed E-state index contributed by atoms with van der Waals surface area (Å²) >= 11 is 0. The number of carbonyl (C=O) groups excluding carboxylic acids is 2. The predicted octanol–water partition coefficient (Wildman–Crippen LogP) is 7.74. The third kappa shape index (κ3) is 6.61. The van der Waals surface area contributed by atoms with Gasteiger partial charge < -0.3 is 19.1 Å². The van der Waals surface area contributed by atoms with E-state index in [1.54, 1.807) is 58.3 Å². The van der Waals surface area contributed by atoms with Crippen molar-refractivity contribution in [2.45, 2.75) is 109 Å². The molecular formula is C53H55F2N11O6. The Morgan fingerprint density at radius 3 is 2.40 bits per heavy atom. The maximum Gasteiger partial charge on any atom is 0.438 e. The molecule has 12 rings (SSSR count). The van der Waals surface area contributed by atoms with Crippen LogP contribution >= 0.6 is 0 Å². The number of carbonyl (C=O) groups is 2. The van der Waals surface area contributed by atoms with Crippen molar-refractivity contribution < 1.29 is 27.6 Å². The average Bonchev–Trinajstić information content (AvgIpc) is 4.00. The van der Waals surface area contributed by atoms with Crippen LogP contribution in [0.3, 0.4) is 0 Å². The maximum absolute atomic E-state index is 16.4. The molecule has 5 atom stereocenters. The molecule has 372 valence electrons. The molecule has 0 radical (unpaired) electrons. The van der Waals surface area contributed by atoms with Crippen molar-refractivity contribution in [3.8, 4) is 17.2 Å². The first-order valence-electron chi connectivity index (χ1n) is 24.7. The van der Waals surface area contributed by atoms with Crippen LogP contribution in [0.15, 0.2) is 81.2 Å². The van der Waals surface area contributed by atoms with Gasteiger partial charge in [0, 0.05) is 49.1 Å². The Labute approximate surface area is 411 Å². The minimum absolute atomic E-state index is 0.00148. The quantitative estimate of drug-likeness (QED) is 0.149. The van der Waals surface area contributed by atoms with Crippen molar-refractivity contribution in [3.05, 3.63) is 139 Å². The monoisotopic (exact) mass is 979 g/mol. The molecule has 3 aliphatic heterocycles. The number of aromatic amines is 1. The Morgan fingerprint density at radius 1 is 0.944 bits per heavy atom. The predicted molar refractivity (Wildman–Crippen MR) is 262 cm³/mol. The molecule has 4 aliphatic rings. The van der Waals surface area contributed by atoms with Gasteiger partial charge in [-0.15, -0.1) is 0 Å². The lowest BCUT2D eigenvalue weighted by atomic mass is 9.77. The summed E-state index contributed by atoms with van der Waals surface area (Å²) in [5.74, 6) is -1.37. The molecule has 8 aromatic rings. The van der Waals surface area contributed by atoms with E-state index in [2.05, 4.69) is 41.2 Å². The number of hydrogen-bond donors (Lipinski definition) is 1. The normalized spacial score (nSPS) is 23.9. The zero-order valence-electron chi connectivity index (χ0n) is 41.2. The van der Waals surface area contributed by atoms with Crippen molar-refractivity contribution in [2.24, 2.45) is 13.0 Å². The summed E-state index contributed by atoms with van der Waals surface area (Å²) < 4.78 is 50.8. The number of hydrogen-bond acceptors (Lipinski definition) is 9. The SMILES string of the molecule is Cc1cc(-n2nc3c(c2-n2ccn(-c4ccc5c(cnn5C)c4F)c2=O)[C@H](C)N(C(=O)c2cc4cc([C@H]5CCOC(C)(C)C5)ccc4n2[C@@]2(c4noc(=O)[nH]4)C[C@@H]2C)CC32CCCCN2C=O)cc(C)c1F. The fourth-order valence-electron chi connectivity index (χ4n) is 12.5. The molecule has 3 aromatic carbocycles. The molecule has 2 amide bonds. The topological polar surface area (TPSA) is 176 Å². The number of likely N-dealkylation sites (tertiary alicyclic amines) is 1. The standard InChI is InChI=1S/C53H55F2N11O6/c1-29-20-36(21-30(2)43(29)54)66-46(63-18-17-62(50(63)70)40-13-12-39-37(44(40)55)26-56-60(39)7)42-32(4)64(27-52(45(42)58-66)15-8-9-16-61(52)28-67)47(68)41-23-35-22-33(34-14-19-71-51(5,6)25-34)10-11-38(35)65(41)53(24-31(53)3)48-57-49(69)72-59-48/h10-13,17-18,20-23,26,28,31-32,34H,8-9,14-16,19,24-25,27H2,1-7H3,(H,57,59,69)/t31-,32-,34-,52?,53-/m0/s1. The Kier molecular flexibility index (Phi) is 10.2. The second kappa shape index (κ2) is 16.0. The van der Waals surface area contributed by atoms with Gasteiger partial charge in [0.2, 0.25) is 6.41 Å². The Morgan fingerprint density at radius 2 is 1.69 bits per heavy atom. The summed E-state index contributed by atoms with van der Waals surface area (Å²) in [5, 5.41) is 14.8. The number of ether oxygens (including phenoxy) is 1. The van der Waals surface area contributed by atoms with Gasteiger partial charge in [0.25, 0.3) is 5.91 Å². The molecule has 1 unspecified atom stereocenters. The number of rotatable bonds is 8. The molecule has 1 saturated carbocycles. The molecule has 1 aliphatic carbocycles. The van der Waals surface area contributed by atoms with Crippen LogP contribution in [0.5, 0.6) is 0 Å². The number of halogens is 2. The van der Waals surface area contributed by atoms with Crippen LogP contribution in [-0.2, 0) is 27.7 Å². The third-order valence-corrected chi connectivity index (χ3v) is 16.3. The van der Waals surface area contributed by atoms with Gasteiger partial charge in [-0.05, 0) is 144 Å². The Hall–Kier alpha value is -7.41. The zero-order valence-corrected chi connectivity index (χ0v) is 41.2.